The van der Waals surface area contributed by atoms with Gasteiger partial charge in [-0.25, -0.2) is 4.79 Å². The number of para-hydroxylation sites is 2. The topological polar surface area (TPSA) is 44.8 Å². The Hall–Kier alpha value is -2.79. The molecule has 0 saturated carbocycles. The van der Waals surface area contributed by atoms with Crippen LogP contribution in [-0.2, 0) is 6.61 Å². The predicted octanol–water partition coefficient (Wildman–Crippen LogP) is 5.26. The molecule has 3 rings (SSSR count). The molecule has 3 aromatic rings. The maximum Gasteiger partial charge on any atom is 0.343 e. The first kappa shape index (κ1) is 18.0. The summed E-state index contributed by atoms with van der Waals surface area (Å²) in [4.78, 5) is 12.2. The van der Waals surface area contributed by atoms with Gasteiger partial charge in [-0.1, -0.05) is 40.2 Å². The maximum atomic E-state index is 12.2. The van der Waals surface area contributed by atoms with Crippen LogP contribution >= 0.6 is 15.9 Å². The Bertz CT molecular complexity index is 873. The van der Waals surface area contributed by atoms with Gasteiger partial charge in [0.1, 0.15) is 12.4 Å². The first-order chi connectivity index (χ1) is 12.7. The lowest BCUT2D eigenvalue weighted by Gasteiger charge is -2.10. The first-order valence-corrected chi connectivity index (χ1v) is 8.77. The van der Waals surface area contributed by atoms with E-state index in [0.717, 1.165) is 10.0 Å². The van der Waals surface area contributed by atoms with Gasteiger partial charge in [-0.05, 0) is 54.1 Å². The molecule has 0 aliphatic carbocycles. The summed E-state index contributed by atoms with van der Waals surface area (Å²) in [6, 6.07) is 21.7. The van der Waals surface area contributed by atoms with E-state index in [1.807, 2.05) is 48.5 Å². The molecule has 0 aromatic heterocycles. The van der Waals surface area contributed by atoms with Crippen molar-refractivity contribution in [3.05, 3.63) is 88.4 Å². The van der Waals surface area contributed by atoms with Gasteiger partial charge in [0.15, 0.2) is 11.5 Å². The van der Waals surface area contributed by atoms with Gasteiger partial charge in [-0.2, -0.15) is 0 Å². The number of halogens is 1. The fourth-order valence-corrected chi connectivity index (χ4v) is 2.57. The van der Waals surface area contributed by atoms with Gasteiger partial charge in [0.2, 0.25) is 0 Å². The van der Waals surface area contributed by atoms with Crippen molar-refractivity contribution in [2.45, 2.75) is 6.61 Å². The number of methoxy groups -OCH3 is 1. The highest BCUT2D eigenvalue weighted by molar-refractivity contribution is 9.10. The van der Waals surface area contributed by atoms with Crippen molar-refractivity contribution in [1.82, 2.24) is 0 Å². The number of carbonyl (C=O) groups is 1. The smallest absolute Gasteiger partial charge is 0.343 e. The van der Waals surface area contributed by atoms with E-state index in [9.17, 15) is 4.79 Å². The largest absolute Gasteiger partial charge is 0.493 e. The van der Waals surface area contributed by atoms with E-state index in [0.29, 0.717) is 29.4 Å². The lowest BCUT2D eigenvalue weighted by Crippen LogP contribution is -2.08. The quantitative estimate of drug-likeness (QED) is 0.409. The molecule has 0 amide bonds. The Labute approximate surface area is 160 Å². The zero-order valence-electron chi connectivity index (χ0n) is 14.1. The van der Waals surface area contributed by atoms with Crippen LogP contribution in [0.5, 0.6) is 17.2 Å². The van der Waals surface area contributed by atoms with E-state index >= 15 is 0 Å². The maximum absolute atomic E-state index is 12.2. The minimum Gasteiger partial charge on any atom is -0.493 e. The highest BCUT2D eigenvalue weighted by Gasteiger charge is 2.09. The molecule has 0 N–H and O–H groups in total. The molecule has 0 aliphatic rings. The second kappa shape index (κ2) is 8.54. The molecule has 0 unspecified atom stereocenters. The Morgan fingerprint density at radius 3 is 2.19 bits per heavy atom. The second-order valence-electron chi connectivity index (χ2n) is 5.48. The molecular formula is C21H17BrO4. The van der Waals surface area contributed by atoms with E-state index in [2.05, 4.69) is 15.9 Å². The van der Waals surface area contributed by atoms with Crippen molar-refractivity contribution < 1.29 is 19.0 Å². The van der Waals surface area contributed by atoms with Crippen LogP contribution in [0, 0.1) is 0 Å². The predicted molar refractivity (Wildman–Crippen MR) is 103 cm³/mol. The van der Waals surface area contributed by atoms with Crippen molar-refractivity contribution >= 4 is 21.9 Å². The van der Waals surface area contributed by atoms with Crippen LogP contribution in [0.1, 0.15) is 15.9 Å². The third-order valence-electron chi connectivity index (χ3n) is 3.68. The molecule has 132 valence electrons. The van der Waals surface area contributed by atoms with Crippen molar-refractivity contribution in [2.24, 2.45) is 0 Å². The van der Waals surface area contributed by atoms with Crippen LogP contribution in [0.2, 0.25) is 0 Å². The first-order valence-electron chi connectivity index (χ1n) is 7.98. The Morgan fingerprint density at radius 2 is 1.54 bits per heavy atom. The van der Waals surface area contributed by atoms with Gasteiger partial charge < -0.3 is 14.2 Å². The SMILES string of the molecule is COc1ccccc1OCc1ccc(C(=O)Oc2ccc(Br)cc2)cc1. The average Bonchev–Trinajstić information content (AvgIpc) is 2.68. The summed E-state index contributed by atoms with van der Waals surface area (Å²) in [5.41, 5.74) is 1.42. The van der Waals surface area contributed by atoms with Gasteiger partial charge in [0.05, 0.1) is 12.7 Å². The number of hydrogen-bond acceptors (Lipinski definition) is 4. The highest BCUT2D eigenvalue weighted by Crippen LogP contribution is 2.26. The van der Waals surface area contributed by atoms with Crippen molar-refractivity contribution in [3.8, 4) is 17.2 Å². The zero-order chi connectivity index (χ0) is 18.4. The van der Waals surface area contributed by atoms with E-state index in [1.165, 1.54) is 0 Å². The van der Waals surface area contributed by atoms with Crippen LogP contribution < -0.4 is 14.2 Å². The molecule has 0 radical (unpaired) electrons. The van der Waals surface area contributed by atoms with Gasteiger partial charge in [0.25, 0.3) is 0 Å². The molecule has 0 fully saturated rings. The van der Waals surface area contributed by atoms with E-state index < -0.39 is 5.97 Å². The summed E-state index contributed by atoms with van der Waals surface area (Å²) in [7, 11) is 1.61. The third kappa shape index (κ3) is 4.64. The molecule has 3 aromatic carbocycles. The number of hydrogen-bond donors (Lipinski definition) is 0. The molecule has 0 heterocycles. The van der Waals surface area contributed by atoms with Gasteiger partial charge in [0, 0.05) is 4.47 Å². The standard InChI is InChI=1S/C21H17BrO4/c1-24-19-4-2-3-5-20(19)25-14-15-6-8-16(9-7-15)21(23)26-18-12-10-17(22)11-13-18/h2-13H,14H2,1H3. The second-order valence-corrected chi connectivity index (χ2v) is 6.40. The number of carbonyl (C=O) groups excluding carboxylic acids is 1. The van der Waals surface area contributed by atoms with Gasteiger partial charge >= 0.3 is 5.97 Å². The number of esters is 1. The molecule has 0 bridgehead atoms. The highest BCUT2D eigenvalue weighted by atomic mass is 79.9. The summed E-state index contributed by atoms with van der Waals surface area (Å²) >= 11 is 3.34. The molecular weight excluding hydrogens is 396 g/mol. The Kier molecular flexibility index (Phi) is 5.92. The number of ether oxygens (including phenoxy) is 3. The summed E-state index contributed by atoms with van der Waals surface area (Å²) in [5, 5.41) is 0. The molecule has 5 heteroatoms. The van der Waals surface area contributed by atoms with Crippen LogP contribution in [0.15, 0.2) is 77.3 Å². The summed E-state index contributed by atoms with van der Waals surface area (Å²) in [6.07, 6.45) is 0. The minimum atomic E-state index is -0.399. The fourth-order valence-electron chi connectivity index (χ4n) is 2.30. The van der Waals surface area contributed by atoms with Crippen LogP contribution in [0.4, 0.5) is 0 Å². The number of rotatable bonds is 6. The van der Waals surface area contributed by atoms with Gasteiger partial charge in [-0.15, -0.1) is 0 Å². The van der Waals surface area contributed by atoms with Crippen LogP contribution in [-0.4, -0.2) is 13.1 Å². The molecule has 0 saturated heterocycles. The summed E-state index contributed by atoms with van der Waals surface area (Å²) in [6.45, 7) is 0.377. The van der Waals surface area contributed by atoms with Gasteiger partial charge in [-0.3, -0.25) is 0 Å². The van der Waals surface area contributed by atoms with E-state index in [4.69, 9.17) is 14.2 Å². The zero-order valence-corrected chi connectivity index (χ0v) is 15.7. The van der Waals surface area contributed by atoms with Crippen LogP contribution in [0.3, 0.4) is 0 Å². The third-order valence-corrected chi connectivity index (χ3v) is 4.21. The Morgan fingerprint density at radius 1 is 0.885 bits per heavy atom. The van der Waals surface area contributed by atoms with Crippen molar-refractivity contribution in [3.63, 3.8) is 0 Å². The molecule has 0 spiro atoms. The van der Waals surface area contributed by atoms with Crippen molar-refractivity contribution in [2.75, 3.05) is 7.11 Å². The average molecular weight is 413 g/mol. The molecule has 0 atom stereocenters. The molecule has 26 heavy (non-hydrogen) atoms. The number of benzene rings is 3. The molecule has 4 nitrogen and oxygen atoms in total. The Balaban J connectivity index is 1.61. The normalized spacial score (nSPS) is 10.2. The van der Waals surface area contributed by atoms with E-state index in [-0.39, 0.29) is 0 Å². The molecule has 0 aliphatic heterocycles. The monoisotopic (exact) mass is 412 g/mol. The van der Waals surface area contributed by atoms with Crippen molar-refractivity contribution in [1.29, 1.82) is 0 Å². The summed E-state index contributed by atoms with van der Waals surface area (Å²) < 4.78 is 17.3. The van der Waals surface area contributed by atoms with E-state index in [1.54, 1.807) is 31.4 Å². The van der Waals surface area contributed by atoms with Crippen LogP contribution in [0.25, 0.3) is 0 Å². The summed E-state index contributed by atoms with van der Waals surface area (Å²) in [5.74, 6) is 1.46. The lowest BCUT2D eigenvalue weighted by atomic mass is 10.1. The minimum absolute atomic E-state index is 0.377. The lowest BCUT2D eigenvalue weighted by molar-refractivity contribution is 0.0734. The fraction of sp³-hybridized carbons (Fsp3) is 0.0952.